The van der Waals surface area contributed by atoms with Crippen LogP contribution < -0.4 is 20.1 Å². The first kappa shape index (κ1) is 16.3. The Morgan fingerprint density at radius 1 is 1.30 bits per heavy atom. The lowest BCUT2D eigenvalue weighted by Crippen LogP contribution is -2.46. The van der Waals surface area contributed by atoms with Crippen LogP contribution in [0.3, 0.4) is 0 Å². The molecule has 0 radical (unpaired) electrons. The second-order valence-corrected chi connectivity index (χ2v) is 4.89. The minimum atomic E-state index is -0.536. The van der Waals surface area contributed by atoms with Gasteiger partial charge in [0.25, 0.3) is 0 Å². The summed E-state index contributed by atoms with van der Waals surface area (Å²) in [5.41, 5.74) is 6.65. The molecule has 1 unspecified atom stereocenters. The molecule has 0 aromatic heterocycles. The van der Waals surface area contributed by atoms with Crippen molar-refractivity contribution in [3.63, 3.8) is 0 Å². The maximum Gasteiger partial charge on any atom is 0.244 e. The number of hydrogen-bond acceptors (Lipinski definition) is 4. The zero-order chi connectivity index (χ0) is 15.3. The van der Waals surface area contributed by atoms with Crippen molar-refractivity contribution in [3.8, 4) is 11.5 Å². The van der Waals surface area contributed by atoms with Crippen LogP contribution in [0.5, 0.6) is 11.5 Å². The van der Waals surface area contributed by atoms with Crippen molar-refractivity contribution in [3.05, 3.63) is 18.2 Å². The predicted molar refractivity (Wildman–Crippen MR) is 80.4 cm³/mol. The first-order chi connectivity index (χ1) is 9.46. The molecule has 5 nitrogen and oxygen atoms in total. The second kappa shape index (κ2) is 7.14. The van der Waals surface area contributed by atoms with Crippen LogP contribution in [-0.2, 0) is 4.79 Å². The van der Waals surface area contributed by atoms with Crippen LogP contribution in [0.25, 0.3) is 0 Å². The topological polar surface area (TPSA) is 64.8 Å². The number of anilines is 1. The van der Waals surface area contributed by atoms with Gasteiger partial charge in [-0.2, -0.15) is 0 Å². The summed E-state index contributed by atoms with van der Waals surface area (Å²) in [6.45, 7) is 6.28. The number of carbonyl (C=O) groups excluding carboxylic acids is 1. The van der Waals surface area contributed by atoms with E-state index >= 15 is 0 Å². The van der Waals surface area contributed by atoms with Crippen LogP contribution in [0, 0.1) is 5.92 Å². The molecule has 112 valence electrons. The largest absolute Gasteiger partial charge is 0.497 e. The van der Waals surface area contributed by atoms with Crippen molar-refractivity contribution in [1.29, 1.82) is 0 Å². The Morgan fingerprint density at radius 2 is 1.95 bits per heavy atom. The van der Waals surface area contributed by atoms with Crippen LogP contribution in [0.15, 0.2) is 18.2 Å². The minimum absolute atomic E-state index is 0.0770. The molecule has 0 aliphatic carbocycles. The van der Waals surface area contributed by atoms with Gasteiger partial charge >= 0.3 is 0 Å². The Hall–Kier alpha value is -1.75. The molecule has 0 fully saturated rings. The van der Waals surface area contributed by atoms with Gasteiger partial charge in [-0.05, 0) is 25.0 Å². The van der Waals surface area contributed by atoms with E-state index in [4.69, 9.17) is 15.2 Å². The Kier molecular flexibility index (Phi) is 5.82. The molecule has 0 aliphatic heterocycles. The van der Waals surface area contributed by atoms with Crippen LogP contribution >= 0.6 is 0 Å². The van der Waals surface area contributed by atoms with Crippen molar-refractivity contribution >= 4 is 11.6 Å². The standard InChI is InChI=1S/C15H24N2O3/c1-6-17(15(18)14(16)10(2)3)12-9-11(19-4)7-8-13(12)20-5/h7-10,14H,6,16H2,1-5H3. The third-order valence-electron chi connectivity index (χ3n) is 3.26. The highest BCUT2D eigenvalue weighted by Crippen LogP contribution is 2.32. The summed E-state index contributed by atoms with van der Waals surface area (Å²) in [7, 11) is 3.16. The number of nitrogens with two attached hydrogens (primary N) is 1. The SMILES string of the molecule is CCN(C(=O)C(N)C(C)C)c1cc(OC)ccc1OC. The van der Waals surface area contributed by atoms with E-state index in [2.05, 4.69) is 0 Å². The second-order valence-electron chi connectivity index (χ2n) is 4.89. The average molecular weight is 280 g/mol. The quantitative estimate of drug-likeness (QED) is 0.866. The van der Waals surface area contributed by atoms with E-state index in [1.54, 1.807) is 37.3 Å². The van der Waals surface area contributed by atoms with E-state index < -0.39 is 6.04 Å². The fraction of sp³-hybridized carbons (Fsp3) is 0.533. The van der Waals surface area contributed by atoms with Crippen LogP contribution in [0.4, 0.5) is 5.69 Å². The van der Waals surface area contributed by atoms with Crippen molar-refractivity contribution in [2.45, 2.75) is 26.8 Å². The van der Waals surface area contributed by atoms with Crippen molar-refractivity contribution in [1.82, 2.24) is 0 Å². The number of ether oxygens (including phenoxy) is 2. The van der Waals surface area contributed by atoms with Crippen LogP contribution in [0.1, 0.15) is 20.8 Å². The lowest BCUT2D eigenvalue weighted by molar-refractivity contribution is -0.120. The normalized spacial score (nSPS) is 12.2. The van der Waals surface area contributed by atoms with E-state index in [1.807, 2.05) is 20.8 Å². The molecule has 2 N–H and O–H groups in total. The number of nitrogens with zero attached hydrogens (tertiary/aromatic N) is 1. The third kappa shape index (κ3) is 3.42. The molecule has 0 bridgehead atoms. The molecule has 1 atom stereocenters. The summed E-state index contributed by atoms with van der Waals surface area (Å²) in [6.07, 6.45) is 0. The maximum absolute atomic E-state index is 12.5. The number of likely N-dealkylation sites (N-methyl/N-ethyl adjacent to an activating group) is 1. The van der Waals surface area contributed by atoms with Gasteiger partial charge in [0.2, 0.25) is 5.91 Å². The Bertz CT molecular complexity index is 460. The molecule has 1 rings (SSSR count). The number of benzene rings is 1. The van der Waals surface area contributed by atoms with Gasteiger partial charge in [0.05, 0.1) is 25.9 Å². The monoisotopic (exact) mass is 280 g/mol. The van der Waals surface area contributed by atoms with Crippen LogP contribution in [0.2, 0.25) is 0 Å². The first-order valence-electron chi connectivity index (χ1n) is 6.75. The first-order valence-corrected chi connectivity index (χ1v) is 6.75. The van der Waals surface area contributed by atoms with E-state index in [1.165, 1.54) is 0 Å². The molecule has 20 heavy (non-hydrogen) atoms. The fourth-order valence-electron chi connectivity index (χ4n) is 1.92. The van der Waals surface area contributed by atoms with Gasteiger partial charge in [0.15, 0.2) is 0 Å². The molecule has 1 aromatic rings. The predicted octanol–water partition coefficient (Wildman–Crippen LogP) is 2.04. The van der Waals surface area contributed by atoms with Crippen LogP contribution in [-0.4, -0.2) is 32.7 Å². The number of hydrogen-bond donors (Lipinski definition) is 1. The number of amides is 1. The summed E-state index contributed by atoms with van der Waals surface area (Å²) in [5.74, 6) is 1.25. The molecule has 0 saturated heterocycles. The molecular formula is C15H24N2O3. The van der Waals surface area contributed by atoms with Gasteiger partial charge in [0.1, 0.15) is 11.5 Å². The lowest BCUT2D eigenvalue weighted by Gasteiger charge is -2.27. The van der Waals surface area contributed by atoms with E-state index in [0.717, 1.165) is 0 Å². The summed E-state index contributed by atoms with van der Waals surface area (Å²) >= 11 is 0. The summed E-state index contributed by atoms with van der Waals surface area (Å²) in [6, 6.07) is 4.83. The molecule has 0 heterocycles. The summed E-state index contributed by atoms with van der Waals surface area (Å²) in [5, 5.41) is 0. The third-order valence-corrected chi connectivity index (χ3v) is 3.26. The van der Waals surface area contributed by atoms with Gasteiger partial charge in [-0.25, -0.2) is 0 Å². The fourth-order valence-corrected chi connectivity index (χ4v) is 1.92. The highest BCUT2D eigenvalue weighted by Gasteiger charge is 2.26. The highest BCUT2D eigenvalue weighted by atomic mass is 16.5. The molecule has 0 aliphatic rings. The zero-order valence-electron chi connectivity index (χ0n) is 12.8. The molecule has 1 aromatic carbocycles. The molecule has 0 spiro atoms. The van der Waals surface area contributed by atoms with Gasteiger partial charge in [-0.15, -0.1) is 0 Å². The average Bonchev–Trinajstić information content (AvgIpc) is 2.46. The Morgan fingerprint density at radius 3 is 2.40 bits per heavy atom. The Balaban J connectivity index is 3.20. The smallest absolute Gasteiger partial charge is 0.244 e. The molecule has 5 heteroatoms. The molecule has 1 amide bonds. The number of methoxy groups -OCH3 is 2. The van der Waals surface area contributed by atoms with Gasteiger partial charge in [-0.3, -0.25) is 4.79 Å². The van der Waals surface area contributed by atoms with Crippen molar-refractivity contribution < 1.29 is 14.3 Å². The summed E-state index contributed by atoms with van der Waals surface area (Å²) < 4.78 is 10.5. The van der Waals surface area contributed by atoms with Gasteiger partial charge < -0.3 is 20.1 Å². The molecular weight excluding hydrogens is 256 g/mol. The van der Waals surface area contributed by atoms with E-state index in [0.29, 0.717) is 23.7 Å². The molecule has 0 saturated carbocycles. The minimum Gasteiger partial charge on any atom is -0.497 e. The van der Waals surface area contributed by atoms with E-state index in [-0.39, 0.29) is 11.8 Å². The van der Waals surface area contributed by atoms with Crippen molar-refractivity contribution in [2.24, 2.45) is 11.7 Å². The van der Waals surface area contributed by atoms with Gasteiger partial charge in [0, 0.05) is 12.6 Å². The number of carbonyl (C=O) groups is 1. The lowest BCUT2D eigenvalue weighted by atomic mass is 10.0. The summed E-state index contributed by atoms with van der Waals surface area (Å²) in [4.78, 5) is 14.1. The maximum atomic E-state index is 12.5. The van der Waals surface area contributed by atoms with E-state index in [9.17, 15) is 4.79 Å². The number of rotatable bonds is 6. The Labute approximate surface area is 120 Å². The zero-order valence-corrected chi connectivity index (χ0v) is 12.8. The highest BCUT2D eigenvalue weighted by molar-refractivity contribution is 5.98. The van der Waals surface area contributed by atoms with Crippen molar-refractivity contribution in [2.75, 3.05) is 25.7 Å². The van der Waals surface area contributed by atoms with Gasteiger partial charge in [-0.1, -0.05) is 13.8 Å².